The van der Waals surface area contributed by atoms with Gasteiger partial charge in [-0.25, -0.2) is 13.8 Å². The van der Waals surface area contributed by atoms with E-state index in [0.717, 1.165) is 0 Å². The Morgan fingerprint density at radius 1 is 1.39 bits per heavy atom. The molecule has 1 amide bonds. The maximum Gasteiger partial charge on any atom is 0.433 e. The van der Waals surface area contributed by atoms with Crippen LogP contribution in [0, 0.1) is 0 Å². The van der Waals surface area contributed by atoms with E-state index < -0.39 is 47.6 Å². The van der Waals surface area contributed by atoms with E-state index >= 15 is 0 Å². The second-order valence-corrected chi connectivity index (χ2v) is 3.29. The van der Waals surface area contributed by atoms with Crippen LogP contribution in [-0.4, -0.2) is 10.9 Å². The molecule has 1 aromatic rings. The number of alkyl halides is 5. The number of carbonyl (C=O) groups is 1. The van der Waals surface area contributed by atoms with Gasteiger partial charge < -0.3 is 11.5 Å². The van der Waals surface area contributed by atoms with Crippen LogP contribution < -0.4 is 11.5 Å². The topological polar surface area (TPSA) is 82.0 Å². The Bertz CT molecular complexity index is 472. The molecule has 1 rings (SSSR count). The average Bonchev–Trinajstić information content (AvgIpc) is 2.25. The van der Waals surface area contributed by atoms with Gasteiger partial charge in [-0.1, -0.05) is 0 Å². The Labute approximate surface area is 97.8 Å². The molecule has 0 atom stereocenters. The maximum absolute atomic E-state index is 12.6. The van der Waals surface area contributed by atoms with Crippen LogP contribution in [0.3, 0.4) is 0 Å². The lowest BCUT2D eigenvalue weighted by atomic mass is 10.0. The van der Waals surface area contributed by atoms with Gasteiger partial charge in [-0.15, -0.1) is 0 Å². The van der Waals surface area contributed by atoms with Crippen LogP contribution in [0.4, 0.5) is 22.0 Å². The van der Waals surface area contributed by atoms with Gasteiger partial charge in [-0.3, -0.25) is 4.79 Å². The van der Waals surface area contributed by atoms with Gasteiger partial charge in [0.05, 0.1) is 11.3 Å². The molecular formula is C9H8F5N3O. The number of nitrogens with zero attached hydrogens (tertiary/aromatic N) is 1. The molecule has 4 N–H and O–H groups in total. The smallest absolute Gasteiger partial charge is 0.366 e. The molecule has 0 saturated heterocycles. The molecule has 18 heavy (non-hydrogen) atoms. The van der Waals surface area contributed by atoms with E-state index in [4.69, 9.17) is 11.5 Å². The van der Waals surface area contributed by atoms with Crippen molar-refractivity contribution in [1.82, 2.24) is 4.98 Å². The number of hydrogen-bond donors (Lipinski definition) is 2. The highest BCUT2D eigenvalue weighted by Crippen LogP contribution is 2.33. The van der Waals surface area contributed by atoms with Crippen LogP contribution in [-0.2, 0) is 12.7 Å². The summed E-state index contributed by atoms with van der Waals surface area (Å²) in [5, 5.41) is 0. The van der Waals surface area contributed by atoms with Crippen molar-refractivity contribution in [3.8, 4) is 0 Å². The van der Waals surface area contributed by atoms with Crippen LogP contribution in [0.5, 0.6) is 0 Å². The number of amides is 1. The maximum atomic E-state index is 12.6. The highest BCUT2D eigenvalue weighted by Gasteiger charge is 2.35. The first-order valence-corrected chi connectivity index (χ1v) is 4.57. The molecule has 0 radical (unpaired) electrons. The summed E-state index contributed by atoms with van der Waals surface area (Å²) in [7, 11) is 0. The summed E-state index contributed by atoms with van der Waals surface area (Å²) < 4.78 is 62.5. The third-order valence-corrected chi connectivity index (χ3v) is 2.09. The zero-order valence-corrected chi connectivity index (χ0v) is 8.76. The standard InChI is InChI=1S/C9H8F5N3O/c10-7(11)3-1-5(9(12,13)14)17-4(2-15)6(3)8(16)18/h1,7H,2,15H2,(H2,16,18). The number of rotatable bonds is 3. The Balaban J connectivity index is 3.59. The van der Waals surface area contributed by atoms with Crippen LogP contribution in [0.1, 0.15) is 33.7 Å². The highest BCUT2D eigenvalue weighted by atomic mass is 19.4. The fourth-order valence-corrected chi connectivity index (χ4v) is 1.37. The van der Waals surface area contributed by atoms with Crippen molar-refractivity contribution in [2.45, 2.75) is 19.1 Å². The predicted molar refractivity (Wildman–Crippen MR) is 50.6 cm³/mol. The summed E-state index contributed by atoms with van der Waals surface area (Å²) in [4.78, 5) is 14.0. The first kappa shape index (κ1) is 14.3. The number of halogens is 5. The summed E-state index contributed by atoms with van der Waals surface area (Å²) in [5.74, 6) is -1.30. The first-order chi connectivity index (χ1) is 8.18. The van der Waals surface area contributed by atoms with Crippen molar-refractivity contribution in [2.24, 2.45) is 11.5 Å². The van der Waals surface area contributed by atoms with E-state index in [9.17, 15) is 26.7 Å². The number of carbonyl (C=O) groups excluding carboxylic acids is 1. The summed E-state index contributed by atoms with van der Waals surface area (Å²) in [6.45, 7) is -0.609. The number of aromatic nitrogens is 1. The highest BCUT2D eigenvalue weighted by molar-refractivity contribution is 5.95. The van der Waals surface area contributed by atoms with Crippen LogP contribution in [0.25, 0.3) is 0 Å². The van der Waals surface area contributed by atoms with Crippen LogP contribution in [0.15, 0.2) is 6.07 Å². The minimum absolute atomic E-state index is 0.101. The van der Waals surface area contributed by atoms with Crippen molar-refractivity contribution in [1.29, 1.82) is 0 Å². The summed E-state index contributed by atoms with van der Waals surface area (Å²) in [6.07, 6.45) is -8.20. The second kappa shape index (κ2) is 4.84. The van der Waals surface area contributed by atoms with E-state index in [0.29, 0.717) is 0 Å². The van der Waals surface area contributed by atoms with Crippen molar-refractivity contribution in [2.75, 3.05) is 0 Å². The first-order valence-electron chi connectivity index (χ1n) is 4.57. The monoisotopic (exact) mass is 269 g/mol. The molecule has 0 unspecified atom stereocenters. The molecule has 0 saturated carbocycles. The zero-order valence-electron chi connectivity index (χ0n) is 8.76. The van der Waals surface area contributed by atoms with Gasteiger partial charge in [0.15, 0.2) is 0 Å². The molecule has 100 valence electrons. The molecule has 0 aliphatic carbocycles. The third kappa shape index (κ3) is 2.73. The molecule has 9 heteroatoms. The molecular weight excluding hydrogens is 261 g/mol. The predicted octanol–water partition coefficient (Wildman–Crippen LogP) is 1.60. The fraction of sp³-hybridized carbons (Fsp3) is 0.333. The summed E-state index contributed by atoms with van der Waals surface area (Å²) in [5.41, 5.74) is 5.90. The number of hydrogen-bond acceptors (Lipinski definition) is 3. The Morgan fingerprint density at radius 3 is 2.28 bits per heavy atom. The van der Waals surface area contributed by atoms with Crippen molar-refractivity contribution in [3.63, 3.8) is 0 Å². The van der Waals surface area contributed by atoms with Gasteiger partial charge in [-0.2, -0.15) is 13.2 Å². The average molecular weight is 269 g/mol. The van der Waals surface area contributed by atoms with Gasteiger partial charge in [-0.05, 0) is 6.07 Å². The van der Waals surface area contributed by atoms with E-state index in [1.165, 1.54) is 0 Å². The van der Waals surface area contributed by atoms with Crippen LogP contribution in [0.2, 0.25) is 0 Å². The largest absolute Gasteiger partial charge is 0.433 e. The van der Waals surface area contributed by atoms with Crippen LogP contribution >= 0.6 is 0 Å². The Kier molecular flexibility index (Phi) is 3.85. The molecule has 4 nitrogen and oxygen atoms in total. The zero-order chi connectivity index (χ0) is 14.1. The molecule has 0 aliphatic heterocycles. The summed E-state index contributed by atoms with van der Waals surface area (Å²) >= 11 is 0. The fourth-order valence-electron chi connectivity index (χ4n) is 1.37. The second-order valence-electron chi connectivity index (χ2n) is 3.29. The minimum atomic E-state index is -4.91. The lowest BCUT2D eigenvalue weighted by molar-refractivity contribution is -0.141. The van der Waals surface area contributed by atoms with Gasteiger partial charge in [0, 0.05) is 12.1 Å². The van der Waals surface area contributed by atoms with Gasteiger partial charge in [0.2, 0.25) is 0 Å². The molecule has 0 spiro atoms. The number of nitrogens with two attached hydrogens (primary N) is 2. The Hall–Kier alpha value is -1.77. The van der Waals surface area contributed by atoms with Gasteiger partial charge in [0.1, 0.15) is 5.69 Å². The van der Waals surface area contributed by atoms with E-state index in [2.05, 4.69) is 4.98 Å². The van der Waals surface area contributed by atoms with Crippen molar-refractivity contribution in [3.05, 3.63) is 28.6 Å². The molecule has 0 bridgehead atoms. The number of primary amides is 1. The normalized spacial score (nSPS) is 11.9. The van der Waals surface area contributed by atoms with E-state index in [-0.39, 0.29) is 6.07 Å². The molecule has 0 fully saturated rings. The molecule has 0 aromatic carbocycles. The Morgan fingerprint density at radius 2 is 1.94 bits per heavy atom. The number of pyridine rings is 1. The van der Waals surface area contributed by atoms with Crippen molar-refractivity contribution >= 4 is 5.91 Å². The lowest BCUT2D eigenvalue weighted by Gasteiger charge is -2.14. The van der Waals surface area contributed by atoms with E-state index in [1.54, 1.807) is 0 Å². The van der Waals surface area contributed by atoms with Crippen molar-refractivity contribution < 1.29 is 26.7 Å². The molecule has 0 aliphatic rings. The quantitative estimate of drug-likeness (QED) is 0.817. The third-order valence-electron chi connectivity index (χ3n) is 2.09. The summed E-state index contributed by atoms with van der Waals surface area (Å²) in [6, 6.07) is 0.101. The molecule has 1 heterocycles. The van der Waals surface area contributed by atoms with Gasteiger partial charge in [0.25, 0.3) is 12.3 Å². The SMILES string of the molecule is NCc1nc(C(F)(F)F)cc(C(F)F)c1C(N)=O. The minimum Gasteiger partial charge on any atom is -0.366 e. The van der Waals surface area contributed by atoms with E-state index in [1.807, 2.05) is 0 Å². The molecule has 1 aromatic heterocycles. The van der Waals surface area contributed by atoms with Gasteiger partial charge >= 0.3 is 6.18 Å². The lowest BCUT2D eigenvalue weighted by Crippen LogP contribution is -2.22.